The first kappa shape index (κ1) is 15.4. The van der Waals surface area contributed by atoms with Crippen molar-refractivity contribution in [2.75, 3.05) is 6.61 Å². The number of fused-ring (bicyclic) bond motifs is 3. The van der Waals surface area contributed by atoms with Crippen molar-refractivity contribution in [2.45, 2.75) is 13.8 Å². The molecular weight excluding hydrogens is 321 g/mol. The Morgan fingerprint density at radius 1 is 1.24 bits per heavy atom. The van der Waals surface area contributed by atoms with Crippen LogP contribution in [0.3, 0.4) is 0 Å². The van der Waals surface area contributed by atoms with Crippen molar-refractivity contribution < 1.29 is 13.9 Å². The quantitative estimate of drug-likeness (QED) is 0.544. The Labute approximate surface area is 143 Å². The van der Waals surface area contributed by atoms with Gasteiger partial charge in [-0.1, -0.05) is 0 Å². The summed E-state index contributed by atoms with van der Waals surface area (Å²) in [5, 5.41) is 0.836. The molecule has 0 aliphatic heterocycles. The average molecular weight is 337 g/mol. The third-order valence-corrected chi connectivity index (χ3v) is 4.12. The molecule has 0 atom stereocenters. The lowest BCUT2D eigenvalue weighted by molar-refractivity contribution is 0.155. The molecule has 0 aliphatic carbocycles. The lowest BCUT2D eigenvalue weighted by Crippen LogP contribution is -2.14. The minimum absolute atomic E-state index is 0.270. The van der Waals surface area contributed by atoms with Crippen molar-refractivity contribution in [3.05, 3.63) is 60.3 Å². The predicted molar refractivity (Wildman–Crippen MR) is 93.2 cm³/mol. The maximum atomic E-state index is 13.3. The molecule has 0 bridgehead atoms. The van der Waals surface area contributed by atoms with Crippen LogP contribution in [0.25, 0.3) is 27.8 Å². The second-order valence-electron chi connectivity index (χ2n) is 5.80. The summed E-state index contributed by atoms with van der Waals surface area (Å²) in [6.07, 6.45) is 3.32. The number of rotatable bonds is 2. The van der Waals surface area contributed by atoms with E-state index < -0.39 is 6.09 Å². The average Bonchev–Trinajstić information content (AvgIpc) is 3.15. The molecule has 5 nitrogen and oxygen atoms in total. The van der Waals surface area contributed by atoms with Crippen LogP contribution >= 0.6 is 0 Å². The molecule has 0 N–H and O–H groups in total. The van der Waals surface area contributed by atoms with Crippen molar-refractivity contribution >= 4 is 22.6 Å². The van der Waals surface area contributed by atoms with Crippen LogP contribution in [0.5, 0.6) is 0 Å². The van der Waals surface area contributed by atoms with Gasteiger partial charge < -0.3 is 9.14 Å². The number of halogens is 1. The van der Waals surface area contributed by atoms with Gasteiger partial charge in [-0.15, -0.1) is 0 Å². The first-order valence-electron chi connectivity index (χ1n) is 8.01. The summed E-state index contributed by atoms with van der Waals surface area (Å²) in [7, 11) is 0. The van der Waals surface area contributed by atoms with Gasteiger partial charge in [-0.3, -0.25) is 0 Å². The topological polar surface area (TPSA) is 48.5 Å². The van der Waals surface area contributed by atoms with Crippen LogP contribution in [0.2, 0.25) is 0 Å². The van der Waals surface area contributed by atoms with Gasteiger partial charge in [-0.25, -0.2) is 18.7 Å². The molecule has 0 unspecified atom stereocenters. The largest absolute Gasteiger partial charge is 0.449 e. The minimum atomic E-state index is -0.468. The van der Waals surface area contributed by atoms with Crippen LogP contribution in [0.1, 0.15) is 12.6 Å². The van der Waals surface area contributed by atoms with E-state index in [4.69, 9.17) is 4.74 Å². The molecule has 0 fully saturated rings. The SMILES string of the molecule is CCOC(=O)n1c(-c2ccc(F)cc2)cc2c1ccn1cc(C)nc21. The molecule has 0 spiro atoms. The number of pyridine rings is 1. The molecule has 3 heterocycles. The molecule has 6 heteroatoms. The fourth-order valence-corrected chi connectivity index (χ4v) is 3.07. The first-order valence-corrected chi connectivity index (χ1v) is 8.01. The van der Waals surface area contributed by atoms with Gasteiger partial charge in [0, 0.05) is 17.8 Å². The van der Waals surface area contributed by atoms with Gasteiger partial charge in [0.05, 0.1) is 23.5 Å². The summed E-state index contributed by atoms with van der Waals surface area (Å²) < 4.78 is 21.9. The molecule has 1 aromatic carbocycles. The summed E-state index contributed by atoms with van der Waals surface area (Å²) in [5.41, 5.74) is 3.73. The van der Waals surface area contributed by atoms with E-state index in [1.165, 1.54) is 16.7 Å². The zero-order valence-electron chi connectivity index (χ0n) is 13.9. The molecule has 0 saturated heterocycles. The molecule has 4 rings (SSSR count). The highest BCUT2D eigenvalue weighted by molar-refractivity contribution is 6.02. The zero-order valence-corrected chi connectivity index (χ0v) is 13.9. The van der Waals surface area contributed by atoms with Crippen LogP contribution < -0.4 is 0 Å². The van der Waals surface area contributed by atoms with E-state index in [-0.39, 0.29) is 12.4 Å². The number of aryl methyl sites for hydroxylation is 1. The molecule has 0 aliphatic rings. The monoisotopic (exact) mass is 337 g/mol. The molecule has 0 saturated carbocycles. The summed E-state index contributed by atoms with van der Waals surface area (Å²) in [5.74, 6) is -0.325. The Bertz CT molecular complexity index is 1090. The highest BCUT2D eigenvalue weighted by atomic mass is 19.1. The molecule has 3 aromatic heterocycles. The molecule has 0 amide bonds. The van der Waals surface area contributed by atoms with Gasteiger partial charge in [0.25, 0.3) is 0 Å². The number of nitrogens with zero attached hydrogens (tertiary/aromatic N) is 3. The fraction of sp³-hybridized carbons (Fsp3) is 0.158. The maximum absolute atomic E-state index is 13.3. The van der Waals surface area contributed by atoms with Crippen LogP contribution in [0.15, 0.2) is 48.8 Å². The van der Waals surface area contributed by atoms with Crippen molar-refractivity contribution in [1.29, 1.82) is 0 Å². The normalized spacial score (nSPS) is 11.3. The Morgan fingerprint density at radius 3 is 2.72 bits per heavy atom. The number of hydrogen-bond donors (Lipinski definition) is 0. The van der Waals surface area contributed by atoms with E-state index in [0.717, 1.165) is 22.3 Å². The lowest BCUT2D eigenvalue weighted by atomic mass is 10.1. The van der Waals surface area contributed by atoms with Crippen molar-refractivity contribution in [3.8, 4) is 11.3 Å². The van der Waals surface area contributed by atoms with Crippen molar-refractivity contribution in [1.82, 2.24) is 14.0 Å². The summed E-state index contributed by atoms with van der Waals surface area (Å²) in [6.45, 7) is 3.95. The predicted octanol–water partition coefficient (Wildman–Crippen LogP) is 4.41. The Morgan fingerprint density at radius 2 is 2.00 bits per heavy atom. The number of carbonyl (C=O) groups is 1. The van der Waals surface area contributed by atoms with Crippen LogP contribution in [-0.4, -0.2) is 26.7 Å². The Balaban J connectivity index is 2.05. The van der Waals surface area contributed by atoms with E-state index in [0.29, 0.717) is 11.2 Å². The standard InChI is InChI=1S/C19H16FN3O2/c1-3-25-19(24)23-16-8-9-22-11-12(2)21-18(22)15(16)10-17(23)13-4-6-14(20)7-5-13/h4-11H,3H2,1-2H3. The highest BCUT2D eigenvalue weighted by Crippen LogP contribution is 2.31. The van der Waals surface area contributed by atoms with Crippen molar-refractivity contribution in [3.63, 3.8) is 0 Å². The Hall–Kier alpha value is -3.15. The lowest BCUT2D eigenvalue weighted by Gasteiger charge is -2.09. The number of aromatic nitrogens is 3. The van der Waals surface area contributed by atoms with Gasteiger partial charge in [-0.05, 0) is 55.8 Å². The fourth-order valence-electron chi connectivity index (χ4n) is 3.07. The number of hydrogen-bond acceptors (Lipinski definition) is 3. The number of imidazole rings is 1. The zero-order chi connectivity index (χ0) is 17.6. The van der Waals surface area contributed by atoms with E-state index in [1.54, 1.807) is 19.1 Å². The number of benzene rings is 1. The van der Waals surface area contributed by atoms with Crippen LogP contribution in [0, 0.1) is 12.7 Å². The van der Waals surface area contributed by atoms with E-state index >= 15 is 0 Å². The van der Waals surface area contributed by atoms with E-state index in [1.807, 2.05) is 35.9 Å². The molecule has 126 valence electrons. The first-order chi connectivity index (χ1) is 12.1. The minimum Gasteiger partial charge on any atom is -0.449 e. The van der Waals surface area contributed by atoms with Gasteiger partial charge >= 0.3 is 6.09 Å². The van der Waals surface area contributed by atoms with E-state index in [9.17, 15) is 9.18 Å². The number of carbonyl (C=O) groups excluding carboxylic acids is 1. The molecular formula is C19H16FN3O2. The summed E-state index contributed by atoms with van der Waals surface area (Å²) in [6, 6.07) is 9.78. The number of ether oxygens (including phenoxy) is 1. The van der Waals surface area contributed by atoms with Gasteiger partial charge in [0.2, 0.25) is 0 Å². The second kappa shape index (κ2) is 5.73. The van der Waals surface area contributed by atoms with Gasteiger partial charge in [0.15, 0.2) is 0 Å². The van der Waals surface area contributed by atoms with Crippen LogP contribution in [0.4, 0.5) is 9.18 Å². The van der Waals surface area contributed by atoms with E-state index in [2.05, 4.69) is 4.98 Å². The smallest absolute Gasteiger partial charge is 0.418 e. The highest BCUT2D eigenvalue weighted by Gasteiger charge is 2.19. The maximum Gasteiger partial charge on any atom is 0.418 e. The van der Waals surface area contributed by atoms with Gasteiger partial charge in [0.1, 0.15) is 11.5 Å². The molecule has 0 radical (unpaired) electrons. The van der Waals surface area contributed by atoms with Crippen molar-refractivity contribution in [2.24, 2.45) is 0 Å². The summed E-state index contributed by atoms with van der Waals surface area (Å²) in [4.78, 5) is 17.1. The molecule has 4 aromatic rings. The third kappa shape index (κ3) is 2.46. The molecule has 25 heavy (non-hydrogen) atoms. The van der Waals surface area contributed by atoms with Crippen LogP contribution in [-0.2, 0) is 4.74 Å². The third-order valence-electron chi connectivity index (χ3n) is 4.12. The Kier molecular flexibility index (Phi) is 3.53. The van der Waals surface area contributed by atoms with Gasteiger partial charge in [-0.2, -0.15) is 0 Å². The second-order valence-corrected chi connectivity index (χ2v) is 5.80. The summed E-state index contributed by atoms with van der Waals surface area (Å²) >= 11 is 0.